The number of fused-ring (bicyclic) bond motifs is 1. The van der Waals surface area contributed by atoms with Crippen LogP contribution in [0.5, 0.6) is 5.75 Å². The first-order chi connectivity index (χ1) is 8.81. The topological polar surface area (TPSA) is 38.5 Å². The number of nitrogens with zero attached hydrogens (tertiary/aromatic N) is 1. The van der Waals surface area contributed by atoms with Gasteiger partial charge in [0.15, 0.2) is 0 Å². The van der Waals surface area contributed by atoms with E-state index in [-0.39, 0.29) is 0 Å². The predicted octanol–water partition coefficient (Wildman–Crippen LogP) is 2.70. The summed E-state index contributed by atoms with van der Waals surface area (Å²) in [5.74, 6) is 1.00. The second-order valence-electron chi connectivity index (χ2n) is 4.96. The van der Waals surface area contributed by atoms with Crippen molar-refractivity contribution in [3.8, 4) is 5.75 Å². The summed E-state index contributed by atoms with van der Waals surface area (Å²) in [5.41, 5.74) is 8.63. The number of nitrogens with two attached hydrogens (primary N) is 1. The highest BCUT2D eigenvalue weighted by molar-refractivity contribution is 5.44. The molecule has 100 valence electrons. The number of ether oxygens (including phenoxy) is 1. The summed E-state index contributed by atoms with van der Waals surface area (Å²) in [6.07, 6.45) is 3.81. The highest BCUT2D eigenvalue weighted by atomic mass is 16.5. The molecule has 2 N–H and O–H groups in total. The molecule has 0 spiro atoms. The maximum Gasteiger partial charge on any atom is 0.123 e. The maximum absolute atomic E-state index is 5.95. The van der Waals surface area contributed by atoms with E-state index in [9.17, 15) is 0 Å². The van der Waals surface area contributed by atoms with Crippen LogP contribution in [0, 0.1) is 0 Å². The minimum absolute atomic E-state index is 0.368. The van der Waals surface area contributed by atoms with Crippen LogP contribution in [0.2, 0.25) is 0 Å². The van der Waals surface area contributed by atoms with E-state index in [1.807, 2.05) is 6.07 Å². The van der Waals surface area contributed by atoms with Crippen molar-refractivity contribution in [2.45, 2.75) is 38.8 Å². The second-order valence-corrected chi connectivity index (χ2v) is 4.96. The predicted molar refractivity (Wildman–Crippen MR) is 74.7 cm³/mol. The van der Waals surface area contributed by atoms with Crippen LogP contribution in [-0.2, 0) is 6.54 Å². The maximum atomic E-state index is 5.95. The van der Waals surface area contributed by atoms with Crippen molar-refractivity contribution in [2.75, 3.05) is 20.2 Å². The van der Waals surface area contributed by atoms with E-state index < -0.39 is 0 Å². The minimum Gasteiger partial charge on any atom is -0.496 e. The molecular formula is C15H24N2O. The van der Waals surface area contributed by atoms with E-state index in [2.05, 4.69) is 24.0 Å². The van der Waals surface area contributed by atoms with Crippen LogP contribution in [0.15, 0.2) is 18.2 Å². The van der Waals surface area contributed by atoms with Crippen LogP contribution in [0.4, 0.5) is 0 Å². The quantitative estimate of drug-likeness (QED) is 0.787. The number of hydrogen-bond donors (Lipinski definition) is 1. The molecule has 1 unspecified atom stereocenters. The molecule has 1 aromatic carbocycles. The summed E-state index contributed by atoms with van der Waals surface area (Å²) in [5, 5.41) is 0. The third-order valence-electron chi connectivity index (χ3n) is 3.82. The van der Waals surface area contributed by atoms with E-state index in [1.54, 1.807) is 7.11 Å². The summed E-state index contributed by atoms with van der Waals surface area (Å²) in [4.78, 5) is 2.49. The first-order valence-electron chi connectivity index (χ1n) is 6.91. The van der Waals surface area contributed by atoms with Gasteiger partial charge in [0.1, 0.15) is 5.75 Å². The molecule has 0 fully saturated rings. The zero-order chi connectivity index (χ0) is 13.0. The Morgan fingerprint density at radius 3 is 2.89 bits per heavy atom. The van der Waals surface area contributed by atoms with Crippen LogP contribution >= 0.6 is 0 Å². The number of methoxy groups -OCH3 is 1. The van der Waals surface area contributed by atoms with Crippen molar-refractivity contribution in [3.05, 3.63) is 29.3 Å². The van der Waals surface area contributed by atoms with Gasteiger partial charge in [0.05, 0.1) is 7.11 Å². The molecule has 18 heavy (non-hydrogen) atoms. The van der Waals surface area contributed by atoms with Crippen molar-refractivity contribution in [2.24, 2.45) is 5.73 Å². The zero-order valence-electron chi connectivity index (χ0n) is 11.5. The van der Waals surface area contributed by atoms with Crippen molar-refractivity contribution in [1.82, 2.24) is 4.90 Å². The largest absolute Gasteiger partial charge is 0.496 e. The average Bonchev–Trinajstić information content (AvgIpc) is 2.76. The van der Waals surface area contributed by atoms with E-state index in [0.29, 0.717) is 12.6 Å². The summed E-state index contributed by atoms with van der Waals surface area (Å²) >= 11 is 0. The molecule has 1 aromatic rings. The van der Waals surface area contributed by atoms with Gasteiger partial charge in [-0.2, -0.15) is 0 Å². The molecule has 1 aliphatic heterocycles. The third-order valence-corrected chi connectivity index (χ3v) is 3.82. The van der Waals surface area contributed by atoms with Crippen molar-refractivity contribution < 1.29 is 4.74 Å². The number of rotatable bonds is 6. The van der Waals surface area contributed by atoms with Gasteiger partial charge in [0.25, 0.3) is 0 Å². The van der Waals surface area contributed by atoms with Crippen LogP contribution in [0.1, 0.15) is 43.4 Å². The van der Waals surface area contributed by atoms with Crippen molar-refractivity contribution >= 4 is 0 Å². The molecular weight excluding hydrogens is 224 g/mol. The minimum atomic E-state index is 0.368. The Morgan fingerprint density at radius 2 is 2.22 bits per heavy atom. The number of unbranched alkanes of at least 4 members (excludes halogenated alkanes) is 2. The van der Waals surface area contributed by atoms with Gasteiger partial charge in [0, 0.05) is 24.7 Å². The van der Waals surface area contributed by atoms with Gasteiger partial charge in [-0.3, -0.25) is 4.90 Å². The van der Waals surface area contributed by atoms with Gasteiger partial charge < -0.3 is 10.5 Å². The summed E-state index contributed by atoms with van der Waals surface area (Å²) < 4.78 is 5.46. The molecule has 0 aliphatic carbocycles. The lowest BCUT2D eigenvalue weighted by Crippen LogP contribution is -2.28. The smallest absolute Gasteiger partial charge is 0.123 e. The third kappa shape index (κ3) is 2.52. The van der Waals surface area contributed by atoms with Gasteiger partial charge in [-0.1, -0.05) is 31.9 Å². The standard InChI is InChI=1S/C15H24N2O/c1-3-4-5-9-17-11-13-12(14(17)10-16)7-6-8-15(13)18-2/h6-8,14H,3-5,9-11,16H2,1-2H3. The van der Waals surface area contributed by atoms with Crippen LogP contribution < -0.4 is 10.5 Å². The van der Waals surface area contributed by atoms with Gasteiger partial charge >= 0.3 is 0 Å². The fraction of sp³-hybridized carbons (Fsp3) is 0.600. The molecule has 0 saturated heterocycles. The molecule has 0 saturated carbocycles. The lowest BCUT2D eigenvalue weighted by Gasteiger charge is -2.23. The lowest BCUT2D eigenvalue weighted by molar-refractivity contribution is 0.214. The monoisotopic (exact) mass is 248 g/mol. The molecule has 0 radical (unpaired) electrons. The fourth-order valence-corrected chi connectivity index (χ4v) is 2.84. The highest BCUT2D eigenvalue weighted by Gasteiger charge is 2.30. The second kappa shape index (κ2) is 6.21. The highest BCUT2D eigenvalue weighted by Crippen LogP contribution is 2.38. The molecule has 2 rings (SSSR count). The molecule has 0 bridgehead atoms. The summed E-state index contributed by atoms with van der Waals surface area (Å²) in [7, 11) is 1.74. The van der Waals surface area contributed by atoms with Crippen LogP contribution in [0.3, 0.4) is 0 Å². The van der Waals surface area contributed by atoms with E-state index >= 15 is 0 Å². The fourth-order valence-electron chi connectivity index (χ4n) is 2.84. The zero-order valence-corrected chi connectivity index (χ0v) is 11.5. The van der Waals surface area contributed by atoms with Gasteiger partial charge in [-0.15, -0.1) is 0 Å². The molecule has 1 aliphatic rings. The van der Waals surface area contributed by atoms with Gasteiger partial charge in [-0.05, 0) is 24.6 Å². The SMILES string of the molecule is CCCCCN1Cc2c(OC)cccc2C1CN. The average molecular weight is 248 g/mol. The normalized spacial score (nSPS) is 18.9. The Hall–Kier alpha value is -1.06. The summed E-state index contributed by atoms with van der Waals surface area (Å²) in [6.45, 7) is 5.03. The summed E-state index contributed by atoms with van der Waals surface area (Å²) in [6, 6.07) is 6.67. The van der Waals surface area contributed by atoms with Crippen molar-refractivity contribution in [3.63, 3.8) is 0 Å². The van der Waals surface area contributed by atoms with Crippen LogP contribution in [-0.4, -0.2) is 25.1 Å². The first-order valence-corrected chi connectivity index (χ1v) is 6.91. The Bertz CT molecular complexity index is 392. The molecule has 1 atom stereocenters. The van der Waals surface area contributed by atoms with Gasteiger partial charge in [-0.25, -0.2) is 0 Å². The number of hydrogen-bond acceptors (Lipinski definition) is 3. The molecule has 0 aromatic heterocycles. The first kappa shape index (κ1) is 13.4. The molecule has 3 nitrogen and oxygen atoms in total. The van der Waals surface area contributed by atoms with E-state index in [0.717, 1.165) is 18.8 Å². The lowest BCUT2D eigenvalue weighted by atomic mass is 10.0. The Kier molecular flexibility index (Phi) is 4.61. The Balaban J connectivity index is 2.14. The molecule has 1 heterocycles. The van der Waals surface area contributed by atoms with Crippen molar-refractivity contribution in [1.29, 1.82) is 0 Å². The van der Waals surface area contributed by atoms with E-state index in [4.69, 9.17) is 10.5 Å². The van der Waals surface area contributed by atoms with Gasteiger partial charge in [0.2, 0.25) is 0 Å². The molecule has 3 heteroatoms. The Morgan fingerprint density at radius 1 is 1.39 bits per heavy atom. The molecule has 0 amide bonds. The number of benzene rings is 1. The Labute approximate surface area is 110 Å². The van der Waals surface area contributed by atoms with Crippen LogP contribution in [0.25, 0.3) is 0 Å². The van der Waals surface area contributed by atoms with E-state index in [1.165, 1.54) is 30.4 Å².